The Morgan fingerprint density at radius 3 is 2.90 bits per heavy atom. The van der Waals surface area contributed by atoms with Gasteiger partial charge in [0.05, 0.1) is 19.2 Å². The smallest absolute Gasteiger partial charge is 0.162 e. The van der Waals surface area contributed by atoms with Crippen LogP contribution < -0.4 is 20.3 Å². The minimum absolute atomic E-state index is 0.652. The highest BCUT2D eigenvalue weighted by Gasteiger charge is 2.14. The second-order valence-electron chi connectivity index (χ2n) is 7.43. The third-order valence-electron chi connectivity index (χ3n) is 5.19. The Labute approximate surface area is 172 Å². The lowest BCUT2D eigenvalue weighted by molar-refractivity contribution is 0.275. The van der Waals surface area contributed by atoms with Gasteiger partial charge in [0.15, 0.2) is 11.5 Å². The van der Waals surface area contributed by atoms with E-state index in [1.807, 2.05) is 24.3 Å². The highest BCUT2D eigenvalue weighted by Crippen LogP contribution is 2.35. The zero-order chi connectivity index (χ0) is 20.2. The van der Waals surface area contributed by atoms with Crippen molar-refractivity contribution in [2.75, 3.05) is 32.6 Å². The summed E-state index contributed by atoms with van der Waals surface area (Å²) in [6.07, 6.45) is 4.79. The molecule has 0 fully saturated rings. The number of hydrogen-bond donors (Lipinski definition) is 1. The number of rotatable bonds is 1. The Morgan fingerprint density at radius 1 is 1.14 bits per heavy atom. The number of ether oxygens (including phenoxy) is 2. The SMILES string of the molecule is [B]c1ccc2c(c1)Nc1ncnc3cc(OC)c(cc13)OCCCCCN(C)C2. The van der Waals surface area contributed by atoms with E-state index in [4.69, 9.17) is 17.3 Å². The monoisotopic (exact) mass is 388 g/mol. The van der Waals surface area contributed by atoms with Crippen LogP contribution in [-0.4, -0.2) is 50.0 Å². The molecule has 2 heterocycles. The zero-order valence-corrected chi connectivity index (χ0v) is 16.9. The zero-order valence-electron chi connectivity index (χ0n) is 16.9. The Bertz CT molecular complexity index is 1010. The molecule has 2 radical (unpaired) electrons. The standard InChI is InChI=1S/C22H25BN4O2/c1-27-8-4-3-5-9-29-21-11-17-19(12-20(21)28-2)24-14-25-22(17)26-18-10-16(23)7-6-15(18)13-27/h6-7,10-12,14H,3-5,8-9,13H2,1-2H3,(H,24,25,26). The van der Waals surface area contributed by atoms with E-state index in [0.29, 0.717) is 29.4 Å². The fourth-order valence-electron chi connectivity index (χ4n) is 3.62. The lowest BCUT2D eigenvalue weighted by Crippen LogP contribution is -2.20. The van der Waals surface area contributed by atoms with Gasteiger partial charge < -0.3 is 19.7 Å². The molecule has 0 atom stereocenters. The summed E-state index contributed by atoms with van der Waals surface area (Å²) in [6, 6.07) is 9.82. The average molecular weight is 388 g/mol. The molecule has 1 aliphatic heterocycles. The summed E-state index contributed by atoms with van der Waals surface area (Å²) >= 11 is 0. The van der Waals surface area contributed by atoms with Gasteiger partial charge >= 0.3 is 0 Å². The second-order valence-corrected chi connectivity index (χ2v) is 7.43. The number of aromatic nitrogens is 2. The van der Waals surface area contributed by atoms with Crippen LogP contribution in [0.4, 0.5) is 11.5 Å². The molecular formula is C22H25BN4O2. The van der Waals surface area contributed by atoms with E-state index in [2.05, 4.69) is 33.3 Å². The Balaban J connectivity index is 1.82. The summed E-state index contributed by atoms with van der Waals surface area (Å²) in [4.78, 5) is 11.2. The lowest BCUT2D eigenvalue weighted by Gasteiger charge is -2.20. The Morgan fingerprint density at radius 2 is 2.03 bits per heavy atom. The maximum atomic E-state index is 6.07. The van der Waals surface area contributed by atoms with E-state index in [9.17, 15) is 0 Å². The molecule has 4 rings (SSSR count). The first kappa shape index (κ1) is 19.5. The van der Waals surface area contributed by atoms with Gasteiger partial charge in [-0.1, -0.05) is 17.6 Å². The summed E-state index contributed by atoms with van der Waals surface area (Å²) in [6.45, 7) is 2.51. The van der Waals surface area contributed by atoms with Gasteiger partial charge in [-0.05, 0) is 50.6 Å². The van der Waals surface area contributed by atoms with E-state index < -0.39 is 0 Å². The van der Waals surface area contributed by atoms with Gasteiger partial charge in [-0.25, -0.2) is 9.97 Å². The number of nitrogens with one attached hydrogen (secondary N) is 1. The fourth-order valence-corrected chi connectivity index (χ4v) is 3.62. The van der Waals surface area contributed by atoms with Gasteiger partial charge in [0, 0.05) is 23.7 Å². The van der Waals surface area contributed by atoms with Crippen LogP contribution in [0.2, 0.25) is 0 Å². The molecule has 0 spiro atoms. The first-order chi connectivity index (χ1) is 14.1. The third-order valence-corrected chi connectivity index (χ3v) is 5.19. The number of benzene rings is 2. The molecule has 1 aromatic heterocycles. The van der Waals surface area contributed by atoms with Gasteiger partial charge in [-0.2, -0.15) is 0 Å². The molecule has 0 saturated heterocycles. The molecule has 148 valence electrons. The quantitative estimate of drug-likeness (QED) is 0.647. The molecule has 0 unspecified atom stereocenters. The normalized spacial score (nSPS) is 15.7. The molecule has 1 N–H and O–H groups in total. The molecule has 29 heavy (non-hydrogen) atoms. The van der Waals surface area contributed by atoms with Gasteiger partial charge in [0.25, 0.3) is 0 Å². The van der Waals surface area contributed by atoms with Crippen molar-refractivity contribution in [2.45, 2.75) is 25.8 Å². The summed E-state index contributed by atoms with van der Waals surface area (Å²) in [5.74, 6) is 2.10. The molecule has 0 amide bonds. The first-order valence-corrected chi connectivity index (χ1v) is 9.93. The van der Waals surface area contributed by atoms with Crippen molar-refractivity contribution in [2.24, 2.45) is 0 Å². The maximum Gasteiger partial charge on any atom is 0.162 e. The van der Waals surface area contributed by atoms with Crippen molar-refractivity contribution in [3.63, 3.8) is 0 Å². The van der Waals surface area contributed by atoms with Crippen LogP contribution in [0.1, 0.15) is 24.8 Å². The van der Waals surface area contributed by atoms with Crippen molar-refractivity contribution in [1.29, 1.82) is 0 Å². The molecule has 2 bridgehead atoms. The van der Waals surface area contributed by atoms with Crippen LogP contribution in [0.25, 0.3) is 10.9 Å². The number of nitrogens with zero attached hydrogens (tertiary/aromatic N) is 3. The average Bonchev–Trinajstić information content (AvgIpc) is 2.72. The number of methoxy groups -OCH3 is 1. The van der Waals surface area contributed by atoms with E-state index in [1.165, 1.54) is 5.56 Å². The van der Waals surface area contributed by atoms with E-state index in [0.717, 1.165) is 48.9 Å². The highest BCUT2D eigenvalue weighted by atomic mass is 16.5. The largest absolute Gasteiger partial charge is 0.493 e. The highest BCUT2D eigenvalue weighted by molar-refractivity contribution is 6.32. The van der Waals surface area contributed by atoms with Crippen molar-refractivity contribution in [1.82, 2.24) is 14.9 Å². The number of anilines is 2. The summed E-state index contributed by atoms with van der Waals surface area (Å²) in [5, 5.41) is 4.35. The van der Waals surface area contributed by atoms with Crippen molar-refractivity contribution >= 4 is 35.7 Å². The van der Waals surface area contributed by atoms with Crippen LogP contribution >= 0.6 is 0 Å². The molecular weight excluding hydrogens is 363 g/mol. The summed E-state index contributed by atoms with van der Waals surface area (Å²) in [7, 11) is 9.86. The van der Waals surface area contributed by atoms with Gasteiger partial charge in [0.2, 0.25) is 0 Å². The van der Waals surface area contributed by atoms with Gasteiger partial charge in [0.1, 0.15) is 20.0 Å². The summed E-state index contributed by atoms with van der Waals surface area (Å²) in [5.41, 5.74) is 3.62. The molecule has 0 aliphatic carbocycles. The molecule has 0 saturated carbocycles. The predicted octanol–water partition coefficient (Wildman–Crippen LogP) is 3.17. The molecule has 1 aliphatic rings. The van der Waals surface area contributed by atoms with Crippen LogP contribution in [0.5, 0.6) is 11.5 Å². The third kappa shape index (κ3) is 4.45. The van der Waals surface area contributed by atoms with Gasteiger partial charge in [-0.3, -0.25) is 0 Å². The van der Waals surface area contributed by atoms with Crippen molar-refractivity contribution < 1.29 is 9.47 Å². The van der Waals surface area contributed by atoms with Crippen LogP contribution in [0.3, 0.4) is 0 Å². The van der Waals surface area contributed by atoms with Crippen LogP contribution in [0, 0.1) is 0 Å². The first-order valence-electron chi connectivity index (χ1n) is 9.93. The number of hydrogen-bond acceptors (Lipinski definition) is 6. The molecule has 6 nitrogen and oxygen atoms in total. The maximum absolute atomic E-state index is 6.07. The Kier molecular flexibility index (Phi) is 5.85. The minimum atomic E-state index is 0.652. The van der Waals surface area contributed by atoms with E-state index >= 15 is 0 Å². The van der Waals surface area contributed by atoms with E-state index in [-0.39, 0.29) is 0 Å². The lowest BCUT2D eigenvalue weighted by atomic mass is 9.94. The molecule has 7 heteroatoms. The van der Waals surface area contributed by atoms with Gasteiger partial charge in [-0.15, -0.1) is 0 Å². The summed E-state index contributed by atoms with van der Waals surface area (Å²) < 4.78 is 11.6. The van der Waals surface area contributed by atoms with Crippen LogP contribution in [0.15, 0.2) is 36.7 Å². The van der Waals surface area contributed by atoms with E-state index in [1.54, 1.807) is 13.4 Å². The fraction of sp³-hybridized carbons (Fsp3) is 0.364. The Hall–Kier alpha value is -2.80. The second kappa shape index (κ2) is 8.70. The van der Waals surface area contributed by atoms with Crippen LogP contribution in [-0.2, 0) is 6.54 Å². The predicted molar refractivity (Wildman–Crippen MR) is 117 cm³/mol. The minimum Gasteiger partial charge on any atom is -0.493 e. The van der Waals surface area contributed by atoms with Crippen molar-refractivity contribution in [3.8, 4) is 11.5 Å². The topological polar surface area (TPSA) is 59.5 Å². The number of fused-ring (bicyclic) bond motifs is 2. The van der Waals surface area contributed by atoms with Crippen molar-refractivity contribution in [3.05, 3.63) is 42.2 Å². The molecule has 3 aromatic rings. The molecule has 2 aromatic carbocycles.